The number of methoxy groups -OCH3 is 1. The summed E-state index contributed by atoms with van der Waals surface area (Å²) in [5.41, 5.74) is -0.233. The van der Waals surface area contributed by atoms with E-state index in [0.29, 0.717) is 9.35 Å². The third-order valence-corrected chi connectivity index (χ3v) is 4.17. The third-order valence-electron chi connectivity index (χ3n) is 2.34. The van der Waals surface area contributed by atoms with Crippen molar-refractivity contribution in [1.82, 2.24) is 0 Å². The Morgan fingerprint density at radius 1 is 1.32 bits per heavy atom. The molecule has 0 aliphatic carbocycles. The molecule has 0 atom stereocenters. The Balaban J connectivity index is 2.27. The van der Waals surface area contributed by atoms with Crippen molar-refractivity contribution in [3.05, 3.63) is 44.6 Å². The number of thiophene rings is 1. The van der Waals surface area contributed by atoms with E-state index in [2.05, 4.69) is 26.0 Å². The fraction of sp³-hybridized carbons (Fsp3) is 0.0833. The van der Waals surface area contributed by atoms with E-state index in [1.54, 1.807) is 11.4 Å². The van der Waals surface area contributed by atoms with Crippen LogP contribution in [0.2, 0.25) is 0 Å². The summed E-state index contributed by atoms with van der Waals surface area (Å²) in [5.74, 6) is -3.01. The summed E-state index contributed by atoms with van der Waals surface area (Å²) >= 11 is 4.39. The van der Waals surface area contributed by atoms with Crippen LogP contribution in [-0.4, -0.2) is 13.0 Å². The van der Waals surface area contributed by atoms with E-state index in [1.165, 1.54) is 30.6 Å². The molecule has 0 saturated heterocycles. The lowest BCUT2D eigenvalue weighted by atomic mass is 10.2. The van der Waals surface area contributed by atoms with Gasteiger partial charge < -0.3 is 10.1 Å². The number of ether oxygens (including phenoxy) is 1. The molecule has 1 aromatic heterocycles. The second-order valence-electron chi connectivity index (χ2n) is 3.50. The first-order chi connectivity index (χ1) is 9.04. The van der Waals surface area contributed by atoms with Crippen LogP contribution in [-0.2, 0) is 0 Å². The molecule has 0 saturated carbocycles. The predicted molar refractivity (Wildman–Crippen MR) is 72.9 cm³/mol. The molecule has 0 aliphatic heterocycles. The molecule has 7 heteroatoms. The van der Waals surface area contributed by atoms with Crippen LogP contribution in [0.3, 0.4) is 0 Å². The van der Waals surface area contributed by atoms with E-state index < -0.39 is 17.5 Å². The summed E-state index contributed by atoms with van der Waals surface area (Å²) in [6.07, 6.45) is 0. The first kappa shape index (κ1) is 14.0. The van der Waals surface area contributed by atoms with Gasteiger partial charge in [0, 0.05) is 4.47 Å². The van der Waals surface area contributed by atoms with Crippen molar-refractivity contribution in [3.63, 3.8) is 0 Å². The van der Waals surface area contributed by atoms with Crippen molar-refractivity contribution < 1.29 is 18.3 Å². The van der Waals surface area contributed by atoms with E-state index >= 15 is 0 Å². The fourth-order valence-electron chi connectivity index (χ4n) is 1.42. The average Bonchev–Trinajstić information content (AvgIpc) is 2.81. The van der Waals surface area contributed by atoms with Gasteiger partial charge >= 0.3 is 0 Å². The second-order valence-corrected chi connectivity index (χ2v) is 5.27. The Labute approximate surface area is 120 Å². The fourth-order valence-corrected chi connectivity index (χ4v) is 2.87. The lowest BCUT2D eigenvalue weighted by Crippen LogP contribution is -2.12. The topological polar surface area (TPSA) is 38.3 Å². The zero-order valence-electron chi connectivity index (χ0n) is 9.67. The first-order valence-corrected chi connectivity index (χ1v) is 6.78. The van der Waals surface area contributed by atoms with Gasteiger partial charge in [-0.3, -0.25) is 4.79 Å². The summed E-state index contributed by atoms with van der Waals surface area (Å²) < 4.78 is 32.4. The minimum Gasteiger partial charge on any atom is -0.494 e. The van der Waals surface area contributed by atoms with Crippen molar-refractivity contribution in [2.75, 3.05) is 12.4 Å². The van der Waals surface area contributed by atoms with Gasteiger partial charge in [0.15, 0.2) is 11.6 Å². The molecule has 0 unspecified atom stereocenters. The number of amides is 1. The van der Waals surface area contributed by atoms with E-state index in [9.17, 15) is 13.6 Å². The van der Waals surface area contributed by atoms with Crippen LogP contribution in [0.25, 0.3) is 0 Å². The zero-order valence-corrected chi connectivity index (χ0v) is 12.1. The van der Waals surface area contributed by atoms with E-state index in [-0.39, 0.29) is 11.4 Å². The Kier molecular flexibility index (Phi) is 4.16. The molecule has 2 rings (SSSR count). The molecule has 0 spiro atoms. The largest absolute Gasteiger partial charge is 0.494 e. The van der Waals surface area contributed by atoms with Crippen LogP contribution in [0.1, 0.15) is 9.67 Å². The summed E-state index contributed by atoms with van der Waals surface area (Å²) in [6.45, 7) is 0. The van der Waals surface area contributed by atoms with Gasteiger partial charge in [-0.15, -0.1) is 11.3 Å². The minimum atomic E-state index is -1.15. The van der Waals surface area contributed by atoms with Crippen LogP contribution in [0.15, 0.2) is 28.1 Å². The number of carbonyl (C=O) groups is 1. The van der Waals surface area contributed by atoms with Gasteiger partial charge in [-0.1, -0.05) is 0 Å². The maximum atomic E-state index is 13.7. The second kappa shape index (κ2) is 5.66. The predicted octanol–water partition coefficient (Wildman–Crippen LogP) is 4.05. The van der Waals surface area contributed by atoms with Gasteiger partial charge in [-0.2, -0.15) is 4.39 Å². The number of anilines is 1. The summed E-state index contributed by atoms with van der Waals surface area (Å²) in [6, 6.07) is 4.19. The Morgan fingerprint density at radius 2 is 2.05 bits per heavy atom. The third kappa shape index (κ3) is 2.76. The van der Waals surface area contributed by atoms with Gasteiger partial charge in [0.05, 0.1) is 12.8 Å². The summed E-state index contributed by atoms with van der Waals surface area (Å²) in [7, 11) is 1.23. The van der Waals surface area contributed by atoms with Gasteiger partial charge in [-0.05, 0) is 39.5 Å². The molecule has 2 aromatic rings. The van der Waals surface area contributed by atoms with Gasteiger partial charge in [0.25, 0.3) is 5.91 Å². The van der Waals surface area contributed by atoms with Crippen LogP contribution in [0.5, 0.6) is 5.75 Å². The summed E-state index contributed by atoms with van der Waals surface area (Å²) in [5, 5.41) is 4.03. The molecule has 3 nitrogen and oxygen atoms in total. The Bertz CT molecular complexity index is 630. The smallest absolute Gasteiger partial charge is 0.266 e. The van der Waals surface area contributed by atoms with Crippen LogP contribution in [0, 0.1) is 11.6 Å². The molecular weight excluding hydrogens is 340 g/mol. The molecule has 1 amide bonds. The average molecular weight is 348 g/mol. The van der Waals surface area contributed by atoms with Crippen molar-refractivity contribution in [3.8, 4) is 5.75 Å². The number of nitrogens with one attached hydrogen (secondary N) is 1. The van der Waals surface area contributed by atoms with Crippen molar-refractivity contribution >= 4 is 38.9 Å². The Morgan fingerprint density at radius 3 is 2.63 bits per heavy atom. The molecule has 19 heavy (non-hydrogen) atoms. The molecule has 100 valence electrons. The molecule has 0 fully saturated rings. The molecule has 1 aromatic carbocycles. The highest BCUT2D eigenvalue weighted by atomic mass is 79.9. The standard InChI is InChI=1S/C12H8BrF2NO2S/c1-18-8-3-2-7(9(14)10(8)15)16-12(17)11-6(13)4-5-19-11/h2-5H,1H3,(H,16,17). The van der Waals surface area contributed by atoms with Crippen LogP contribution >= 0.6 is 27.3 Å². The van der Waals surface area contributed by atoms with Gasteiger partial charge in [0.2, 0.25) is 5.82 Å². The lowest BCUT2D eigenvalue weighted by Gasteiger charge is -2.08. The number of hydrogen-bond acceptors (Lipinski definition) is 3. The van der Waals surface area contributed by atoms with Crippen LogP contribution in [0.4, 0.5) is 14.5 Å². The van der Waals surface area contributed by atoms with Gasteiger partial charge in [-0.25, -0.2) is 4.39 Å². The highest BCUT2D eigenvalue weighted by molar-refractivity contribution is 9.10. The van der Waals surface area contributed by atoms with E-state index in [0.717, 1.165) is 0 Å². The minimum absolute atomic E-state index is 0.215. The number of benzene rings is 1. The Hall–Kier alpha value is -1.47. The molecule has 0 bridgehead atoms. The quantitative estimate of drug-likeness (QED) is 0.909. The van der Waals surface area contributed by atoms with Gasteiger partial charge in [0.1, 0.15) is 4.88 Å². The molecule has 0 aliphatic rings. The number of rotatable bonds is 3. The normalized spacial score (nSPS) is 10.3. The van der Waals surface area contributed by atoms with E-state index in [4.69, 9.17) is 0 Å². The van der Waals surface area contributed by atoms with Crippen molar-refractivity contribution in [1.29, 1.82) is 0 Å². The highest BCUT2D eigenvalue weighted by Crippen LogP contribution is 2.28. The maximum absolute atomic E-state index is 13.7. The van der Waals surface area contributed by atoms with Crippen LogP contribution < -0.4 is 10.1 Å². The number of carbonyl (C=O) groups excluding carboxylic acids is 1. The number of hydrogen-bond donors (Lipinski definition) is 1. The SMILES string of the molecule is COc1ccc(NC(=O)c2sccc2Br)c(F)c1F. The molecule has 1 heterocycles. The molecular formula is C12H8BrF2NO2S. The van der Waals surface area contributed by atoms with E-state index in [1.807, 2.05) is 0 Å². The number of halogens is 3. The maximum Gasteiger partial charge on any atom is 0.266 e. The first-order valence-electron chi connectivity index (χ1n) is 5.11. The van der Waals surface area contributed by atoms with Crippen molar-refractivity contribution in [2.45, 2.75) is 0 Å². The molecule has 0 radical (unpaired) electrons. The zero-order chi connectivity index (χ0) is 14.0. The highest BCUT2D eigenvalue weighted by Gasteiger charge is 2.18. The monoisotopic (exact) mass is 347 g/mol. The lowest BCUT2D eigenvalue weighted by molar-refractivity contribution is 0.102. The summed E-state index contributed by atoms with van der Waals surface area (Å²) in [4.78, 5) is 12.2. The van der Waals surface area contributed by atoms with Crippen molar-refractivity contribution in [2.24, 2.45) is 0 Å². The molecule has 1 N–H and O–H groups in total.